The summed E-state index contributed by atoms with van der Waals surface area (Å²) >= 11 is 14.9. The van der Waals surface area contributed by atoms with Crippen LogP contribution >= 0.6 is 63.7 Å². The number of hydrogen-bond acceptors (Lipinski definition) is 2. The summed E-state index contributed by atoms with van der Waals surface area (Å²) in [5, 5.41) is 0. The summed E-state index contributed by atoms with van der Waals surface area (Å²) in [5.74, 6) is 0.643. The molecule has 0 N–H and O–H groups in total. The predicted octanol–water partition coefficient (Wildman–Crippen LogP) is 4.45. The van der Waals surface area contributed by atoms with Crippen molar-refractivity contribution in [3.63, 3.8) is 0 Å². The van der Waals surface area contributed by atoms with E-state index >= 15 is 0 Å². The Balaban J connectivity index is 1.84. The van der Waals surface area contributed by atoms with Gasteiger partial charge in [0.2, 0.25) is 0 Å². The standard InChI is InChI=1S/C14H12Br4O2/c15-13(16)9-3-1-4-10(9,13)8(20)12-6-2-5-11(12,7(9)19)14(12,17)18/h1-6H2. The lowest BCUT2D eigenvalue weighted by molar-refractivity contribution is -0.144. The van der Waals surface area contributed by atoms with Crippen molar-refractivity contribution in [3.8, 4) is 0 Å². The number of carbonyl (C=O) groups excluding carboxylic acids is 2. The molecule has 108 valence electrons. The molecule has 20 heavy (non-hydrogen) atoms. The molecule has 0 radical (unpaired) electrons. The Hall–Kier alpha value is 1.26. The first kappa shape index (κ1) is 13.7. The van der Waals surface area contributed by atoms with Crippen molar-refractivity contribution in [2.45, 2.75) is 45.0 Å². The van der Waals surface area contributed by atoms with E-state index in [4.69, 9.17) is 0 Å². The van der Waals surface area contributed by atoms with Crippen LogP contribution in [0, 0.1) is 21.7 Å². The van der Waals surface area contributed by atoms with Gasteiger partial charge in [0.25, 0.3) is 0 Å². The van der Waals surface area contributed by atoms with Crippen LogP contribution in [0.1, 0.15) is 38.5 Å². The number of hydrogen-bond donors (Lipinski definition) is 0. The monoisotopic (exact) mass is 528 g/mol. The summed E-state index contributed by atoms with van der Waals surface area (Å²) in [6.07, 6.45) is 5.31. The summed E-state index contributed by atoms with van der Waals surface area (Å²) in [6.45, 7) is 0. The first-order valence-electron chi connectivity index (χ1n) is 7.08. The topological polar surface area (TPSA) is 34.1 Å². The third kappa shape index (κ3) is 0.771. The average Bonchev–Trinajstić information content (AvgIpc) is 2.91. The van der Waals surface area contributed by atoms with Crippen LogP contribution in [0.5, 0.6) is 0 Å². The lowest BCUT2D eigenvalue weighted by Gasteiger charge is -2.29. The molecule has 2 nitrogen and oxygen atoms in total. The molecule has 5 fully saturated rings. The second-order valence-corrected chi connectivity index (χ2v) is 14.0. The average molecular weight is 532 g/mol. The van der Waals surface area contributed by atoms with Crippen molar-refractivity contribution in [2.75, 3.05) is 0 Å². The Morgan fingerprint density at radius 1 is 0.600 bits per heavy atom. The fraction of sp³-hybridized carbons (Fsp3) is 0.857. The summed E-state index contributed by atoms with van der Waals surface area (Å²) in [6, 6.07) is 0. The van der Waals surface area contributed by atoms with Gasteiger partial charge in [0.1, 0.15) is 6.47 Å². The molecule has 0 aromatic heterocycles. The summed E-state index contributed by atoms with van der Waals surface area (Å²) in [7, 11) is 0. The molecular weight excluding hydrogens is 520 g/mol. The van der Waals surface area contributed by atoms with E-state index in [9.17, 15) is 9.59 Å². The van der Waals surface area contributed by atoms with Crippen molar-refractivity contribution in [1.82, 2.24) is 0 Å². The molecular formula is C14H12Br4O2. The van der Waals surface area contributed by atoms with E-state index in [-0.39, 0.29) is 0 Å². The van der Waals surface area contributed by atoms with Crippen LogP contribution in [0.2, 0.25) is 0 Å². The van der Waals surface area contributed by atoms with Gasteiger partial charge in [-0.2, -0.15) is 0 Å². The highest BCUT2D eigenvalue weighted by molar-refractivity contribution is 9.26. The van der Waals surface area contributed by atoms with Crippen molar-refractivity contribution >= 4 is 75.3 Å². The molecule has 4 atom stereocenters. The van der Waals surface area contributed by atoms with Crippen LogP contribution in [0.15, 0.2) is 0 Å². The Kier molecular flexibility index (Phi) is 2.12. The smallest absolute Gasteiger partial charge is 0.151 e. The minimum absolute atomic E-state index is 0.321. The lowest BCUT2D eigenvalue weighted by atomic mass is 9.69. The van der Waals surface area contributed by atoms with Gasteiger partial charge in [0, 0.05) is 0 Å². The molecule has 5 aliphatic rings. The highest BCUT2D eigenvalue weighted by atomic mass is 79.9. The molecule has 0 bridgehead atoms. The van der Waals surface area contributed by atoms with Crippen molar-refractivity contribution < 1.29 is 9.59 Å². The Morgan fingerprint density at radius 2 is 0.850 bits per heavy atom. The van der Waals surface area contributed by atoms with Gasteiger partial charge >= 0.3 is 0 Å². The van der Waals surface area contributed by atoms with Crippen LogP contribution in [0.4, 0.5) is 0 Å². The van der Waals surface area contributed by atoms with Crippen LogP contribution in [0.3, 0.4) is 0 Å². The zero-order valence-corrected chi connectivity index (χ0v) is 16.9. The summed E-state index contributed by atoms with van der Waals surface area (Å²) in [5.41, 5.74) is -2.02. The molecule has 0 heterocycles. The molecule has 0 aliphatic heterocycles. The number of alkyl halides is 4. The van der Waals surface area contributed by atoms with Gasteiger partial charge in [-0.15, -0.1) is 0 Å². The molecule has 5 saturated carbocycles. The second kappa shape index (κ2) is 3.10. The molecule has 5 aliphatic carbocycles. The largest absolute Gasteiger partial charge is 0.298 e. The summed E-state index contributed by atoms with van der Waals surface area (Å²) < 4.78 is -0.986. The van der Waals surface area contributed by atoms with E-state index in [1.54, 1.807) is 0 Å². The Morgan fingerprint density at radius 3 is 1.10 bits per heavy atom. The molecule has 0 saturated heterocycles. The number of carbonyl (C=O) groups is 2. The van der Waals surface area contributed by atoms with Crippen LogP contribution in [-0.4, -0.2) is 18.0 Å². The molecule has 0 aromatic carbocycles. The highest BCUT2D eigenvalue weighted by Crippen LogP contribution is 3.00. The minimum atomic E-state index is -0.506. The third-order valence-corrected chi connectivity index (χ3v) is 12.6. The number of ketones is 2. The van der Waals surface area contributed by atoms with Crippen LogP contribution in [-0.2, 0) is 9.59 Å². The van der Waals surface area contributed by atoms with E-state index < -0.39 is 28.1 Å². The molecule has 0 spiro atoms. The maximum absolute atomic E-state index is 13.5. The fourth-order valence-electron chi connectivity index (χ4n) is 6.46. The first-order chi connectivity index (χ1) is 9.22. The predicted molar refractivity (Wildman–Crippen MR) is 88.6 cm³/mol. The fourth-order valence-corrected chi connectivity index (χ4v) is 11.8. The number of rotatable bonds is 0. The number of Topliss-reactive ketones (excluding diaryl/α,β-unsaturated/α-hetero) is 2. The van der Waals surface area contributed by atoms with Gasteiger partial charge in [-0.1, -0.05) is 76.6 Å². The first-order valence-corrected chi connectivity index (χ1v) is 10.3. The Labute approximate surface area is 150 Å². The van der Waals surface area contributed by atoms with E-state index in [2.05, 4.69) is 63.7 Å². The SMILES string of the molecule is O=C1C23CCCC2(C(=O)C24CCCC12C4(Br)Br)C3(Br)Br. The van der Waals surface area contributed by atoms with E-state index in [1.165, 1.54) is 0 Å². The lowest BCUT2D eigenvalue weighted by Crippen LogP contribution is -2.42. The normalized spacial score (nSPS) is 59.6. The zero-order chi connectivity index (χ0) is 14.4. The maximum atomic E-state index is 13.5. The molecule has 5 rings (SSSR count). The molecule has 6 heteroatoms. The zero-order valence-electron chi connectivity index (χ0n) is 10.6. The quantitative estimate of drug-likeness (QED) is 0.433. The van der Waals surface area contributed by atoms with Crippen molar-refractivity contribution in [2.24, 2.45) is 21.7 Å². The van der Waals surface area contributed by atoms with Gasteiger partial charge in [-0.05, 0) is 25.7 Å². The third-order valence-electron chi connectivity index (χ3n) is 7.23. The van der Waals surface area contributed by atoms with Gasteiger partial charge in [0.15, 0.2) is 11.6 Å². The minimum Gasteiger partial charge on any atom is -0.298 e. The maximum Gasteiger partial charge on any atom is 0.151 e. The van der Waals surface area contributed by atoms with Gasteiger partial charge < -0.3 is 0 Å². The van der Waals surface area contributed by atoms with Gasteiger partial charge in [-0.3, -0.25) is 9.59 Å². The number of halogens is 4. The second-order valence-electron chi connectivity index (χ2n) is 7.14. The summed E-state index contributed by atoms with van der Waals surface area (Å²) in [4.78, 5) is 27.0. The van der Waals surface area contributed by atoms with Crippen LogP contribution < -0.4 is 0 Å². The van der Waals surface area contributed by atoms with Gasteiger partial charge in [0.05, 0.1) is 21.7 Å². The van der Waals surface area contributed by atoms with Crippen molar-refractivity contribution in [3.05, 3.63) is 0 Å². The van der Waals surface area contributed by atoms with Crippen LogP contribution in [0.25, 0.3) is 0 Å². The van der Waals surface area contributed by atoms with E-state index in [0.717, 1.165) is 38.5 Å². The highest BCUT2D eigenvalue weighted by Gasteiger charge is 3.07. The molecule has 0 amide bonds. The van der Waals surface area contributed by atoms with E-state index in [1.807, 2.05) is 0 Å². The Bertz CT molecular complexity index is 531. The molecule has 0 aromatic rings. The molecule has 4 unspecified atom stereocenters. The van der Waals surface area contributed by atoms with Gasteiger partial charge in [-0.25, -0.2) is 0 Å². The van der Waals surface area contributed by atoms with E-state index in [0.29, 0.717) is 11.6 Å². The van der Waals surface area contributed by atoms with Crippen molar-refractivity contribution in [1.29, 1.82) is 0 Å².